The smallest absolute Gasteiger partial charge is 0.269 e. The van der Waals surface area contributed by atoms with Crippen molar-refractivity contribution >= 4 is 11.6 Å². The number of anilines is 1. The van der Waals surface area contributed by atoms with Crippen molar-refractivity contribution in [2.45, 2.75) is 20.0 Å². The van der Waals surface area contributed by atoms with Gasteiger partial charge in [-0.25, -0.2) is 0 Å². The van der Waals surface area contributed by atoms with E-state index in [9.17, 15) is 4.79 Å². The van der Waals surface area contributed by atoms with Gasteiger partial charge in [-0.1, -0.05) is 18.2 Å². The number of methoxy groups -OCH3 is 1. The lowest BCUT2D eigenvalue weighted by Gasteiger charge is -2.14. The first kappa shape index (κ1) is 15.7. The number of rotatable bonds is 6. The summed E-state index contributed by atoms with van der Waals surface area (Å²) in [6, 6.07) is 14.5. The third kappa shape index (κ3) is 4.15. The number of benzene rings is 2. The van der Waals surface area contributed by atoms with Crippen LogP contribution in [0.2, 0.25) is 0 Å². The van der Waals surface area contributed by atoms with Crippen molar-refractivity contribution in [3.8, 4) is 11.5 Å². The van der Waals surface area contributed by atoms with Crippen LogP contribution in [0, 0.1) is 0 Å². The van der Waals surface area contributed by atoms with Crippen molar-refractivity contribution in [1.82, 2.24) is 5.43 Å². The summed E-state index contributed by atoms with van der Waals surface area (Å²) in [6.07, 6.45) is 0.0355. The van der Waals surface area contributed by atoms with Crippen molar-refractivity contribution in [2.75, 3.05) is 12.5 Å². The first-order chi connectivity index (χ1) is 10.6. The van der Waals surface area contributed by atoms with Gasteiger partial charge in [0.2, 0.25) is 0 Å². The molecule has 0 aliphatic carbocycles. The van der Waals surface area contributed by atoms with Crippen LogP contribution in [0.1, 0.15) is 24.2 Å². The standard InChI is InChI=1S/C17H20N2O3/c1-12(2)22-15-10-9-13(11-16(15)21-3)17(20)19-18-14-7-5-4-6-8-14/h4-12,18H,1-3H3,(H,19,20). The van der Waals surface area contributed by atoms with Gasteiger partial charge in [0.05, 0.1) is 18.9 Å². The SMILES string of the molecule is COc1cc(C(=O)NNc2ccccc2)ccc1OC(C)C. The number of para-hydroxylation sites is 1. The van der Waals surface area contributed by atoms with E-state index in [1.165, 1.54) is 0 Å². The molecule has 5 nitrogen and oxygen atoms in total. The fraction of sp³-hybridized carbons (Fsp3) is 0.235. The second-order valence-corrected chi connectivity index (χ2v) is 4.98. The normalized spacial score (nSPS) is 10.2. The number of hydrazine groups is 1. The van der Waals surface area contributed by atoms with Crippen LogP contribution in [0.25, 0.3) is 0 Å². The topological polar surface area (TPSA) is 59.6 Å². The van der Waals surface area contributed by atoms with Gasteiger partial charge in [0.1, 0.15) is 0 Å². The van der Waals surface area contributed by atoms with Gasteiger partial charge in [0, 0.05) is 5.56 Å². The van der Waals surface area contributed by atoms with Crippen LogP contribution in [-0.4, -0.2) is 19.1 Å². The van der Waals surface area contributed by atoms with Crippen molar-refractivity contribution in [1.29, 1.82) is 0 Å². The summed E-state index contributed by atoms with van der Waals surface area (Å²) in [5.41, 5.74) is 6.79. The average molecular weight is 300 g/mol. The van der Waals surface area contributed by atoms with Gasteiger partial charge in [-0.3, -0.25) is 15.6 Å². The minimum atomic E-state index is -0.252. The van der Waals surface area contributed by atoms with E-state index < -0.39 is 0 Å². The summed E-state index contributed by atoms with van der Waals surface area (Å²) in [6.45, 7) is 3.87. The van der Waals surface area contributed by atoms with Crippen molar-refractivity contribution in [3.05, 3.63) is 54.1 Å². The molecule has 0 aromatic heterocycles. The van der Waals surface area contributed by atoms with Crippen LogP contribution in [0.3, 0.4) is 0 Å². The van der Waals surface area contributed by atoms with Crippen LogP contribution in [0.15, 0.2) is 48.5 Å². The third-order valence-electron chi connectivity index (χ3n) is 2.88. The molecule has 5 heteroatoms. The maximum Gasteiger partial charge on any atom is 0.269 e. The summed E-state index contributed by atoms with van der Waals surface area (Å²) in [7, 11) is 1.55. The maximum atomic E-state index is 12.1. The molecule has 2 aromatic rings. The van der Waals surface area contributed by atoms with Gasteiger partial charge in [-0.15, -0.1) is 0 Å². The molecule has 0 aliphatic rings. The molecule has 2 aromatic carbocycles. The zero-order chi connectivity index (χ0) is 15.9. The number of amides is 1. The number of carbonyl (C=O) groups is 1. The summed E-state index contributed by atoms with van der Waals surface area (Å²) >= 11 is 0. The Morgan fingerprint density at radius 3 is 2.41 bits per heavy atom. The quantitative estimate of drug-likeness (QED) is 0.804. The van der Waals surface area contributed by atoms with E-state index in [1.807, 2.05) is 44.2 Å². The number of carbonyl (C=O) groups excluding carboxylic acids is 1. The predicted molar refractivity (Wildman–Crippen MR) is 86.3 cm³/mol. The largest absolute Gasteiger partial charge is 0.493 e. The number of hydrogen-bond donors (Lipinski definition) is 2. The monoisotopic (exact) mass is 300 g/mol. The second-order valence-electron chi connectivity index (χ2n) is 4.98. The van der Waals surface area contributed by atoms with E-state index >= 15 is 0 Å². The summed E-state index contributed by atoms with van der Waals surface area (Å²) in [5, 5.41) is 0. The molecule has 0 atom stereocenters. The van der Waals surface area contributed by atoms with E-state index in [0.717, 1.165) is 5.69 Å². The Bertz CT molecular complexity index is 627. The molecule has 0 bridgehead atoms. The Morgan fingerprint density at radius 2 is 1.77 bits per heavy atom. The Hall–Kier alpha value is -2.69. The Labute approximate surface area is 130 Å². The molecular formula is C17H20N2O3. The molecule has 116 valence electrons. The predicted octanol–water partition coefficient (Wildman–Crippen LogP) is 3.24. The fourth-order valence-corrected chi connectivity index (χ4v) is 1.88. The molecule has 0 fully saturated rings. The molecule has 0 unspecified atom stereocenters. The Kier molecular flexibility index (Phi) is 5.25. The van der Waals surface area contributed by atoms with E-state index in [-0.39, 0.29) is 12.0 Å². The first-order valence-corrected chi connectivity index (χ1v) is 7.06. The van der Waals surface area contributed by atoms with E-state index in [0.29, 0.717) is 17.1 Å². The minimum Gasteiger partial charge on any atom is -0.493 e. The highest BCUT2D eigenvalue weighted by atomic mass is 16.5. The zero-order valence-electron chi connectivity index (χ0n) is 12.9. The molecule has 0 saturated carbocycles. The lowest BCUT2D eigenvalue weighted by Crippen LogP contribution is -2.29. The molecule has 22 heavy (non-hydrogen) atoms. The molecule has 2 N–H and O–H groups in total. The average Bonchev–Trinajstić information content (AvgIpc) is 2.53. The zero-order valence-corrected chi connectivity index (χ0v) is 12.9. The molecule has 0 heterocycles. The van der Waals surface area contributed by atoms with Crippen molar-refractivity contribution in [2.24, 2.45) is 0 Å². The lowest BCUT2D eigenvalue weighted by molar-refractivity contribution is 0.0962. The van der Waals surface area contributed by atoms with Crippen molar-refractivity contribution in [3.63, 3.8) is 0 Å². The van der Waals surface area contributed by atoms with Crippen molar-refractivity contribution < 1.29 is 14.3 Å². The number of ether oxygens (including phenoxy) is 2. The molecular weight excluding hydrogens is 280 g/mol. The summed E-state index contributed by atoms with van der Waals surface area (Å²) in [5.74, 6) is 0.893. The second kappa shape index (κ2) is 7.36. The minimum absolute atomic E-state index is 0.0355. The van der Waals surface area contributed by atoms with Crippen LogP contribution < -0.4 is 20.3 Å². The highest BCUT2D eigenvalue weighted by molar-refractivity contribution is 5.95. The van der Waals surface area contributed by atoms with Gasteiger partial charge in [0.25, 0.3) is 5.91 Å². The molecule has 0 saturated heterocycles. The first-order valence-electron chi connectivity index (χ1n) is 7.06. The Balaban J connectivity index is 2.06. The van der Waals surface area contributed by atoms with Crippen LogP contribution in [0.4, 0.5) is 5.69 Å². The van der Waals surface area contributed by atoms with Crippen LogP contribution in [-0.2, 0) is 0 Å². The highest BCUT2D eigenvalue weighted by Gasteiger charge is 2.12. The third-order valence-corrected chi connectivity index (χ3v) is 2.88. The number of hydrogen-bond acceptors (Lipinski definition) is 4. The highest BCUT2D eigenvalue weighted by Crippen LogP contribution is 2.28. The molecule has 0 aliphatic heterocycles. The van der Waals surface area contributed by atoms with Gasteiger partial charge >= 0.3 is 0 Å². The number of nitrogens with one attached hydrogen (secondary N) is 2. The fourth-order valence-electron chi connectivity index (χ4n) is 1.88. The van der Waals surface area contributed by atoms with Gasteiger partial charge < -0.3 is 9.47 Å². The van der Waals surface area contributed by atoms with Crippen LogP contribution in [0.5, 0.6) is 11.5 Å². The van der Waals surface area contributed by atoms with Gasteiger partial charge in [-0.2, -0.15) is 0 Å². The molecule has 0 radical (unpaired) electrons. The lowest BCUT2D eigenvalue weighted by atomic mass is 10.2. The van der Waals surface area contributed by atoms with E-state index in [4.69, 9.17) is 9.47 Å². The van der Waals surface area contributed by atoms with E-state index in [1.54, 1.807) is 25.3 Å². The van der Waals surface area contributed by atoms with Gasteiger partial charge in [-0.05, 0) is 44.2 Å². The summed E-state index contributed by atoms with van der Waals surface area (Å²) < 4.78 is 10.9. The Morgan fingerprint density at radius 1 is 1.05 bits per heavy atom. The molecule has 1 amide bonds. The summed E-state index contributed by atoms with van der Waals surface area (Å²) in [4.78, 5) is 12.1. The molecule has 0 spiro atoms. The van der Waals surface area contributed by atoms with E-state index in [2.05, 4.69) is 10.9 Å². The maximum absolute atomic E-state index is 12.1. The van der Waals surface area contributed by atoms with Gasteiger partial charge in [0.15, 0.2) is 11.5 Å². The molecule has 2 rings (SSSR count). The van der Waals surface area contributed by atoms with Crippen LogP contribution >= 0.6 is 0 Å².